The van der Waals surface area contributed by atoms with E-state index in [1.165, 1.54) is 26.1 Å². The smallest absolute Gasteiger partial charge is 0.341 e. The number of amides is 3. The zero-order chi connectivity index (χ0) is 15.3. The van der Waals surface area contributed by atoms with Gasteiger partial charge in [-0.3, -0.25) is 10.1 Å². The lowest BCUT2D eigenvalue weighted by molar-refractivity contribution is -0.127. The fourth-order valence-corrected chi connectivity index (χ4v) is 1.79. The molecule has 0 unspecified atom stereocenters. The van der Waals surface area contributed by atoms with Gasteiger partial charge in [0.2, 0.25) is 0 Å². The summed E-state index contributed by atoms with van der Waals surface area (Å²) in [5.41, 5.74) is -0.0320. The van der Waals surface area contributed by atoms with Gasteiger partial charge in [0, 0.05) is 7.05 Å². The fourth-order valence-electron chi connectivity index (χ4n) is 1.24. The van der Waals surface area contributed by atoms with E-state index in [1.54, 1.807) is 6.07 Å². The third-order valence-electron chi connectivity index (χ3n) is 2.28. The van der Waals surface area contributed by atoms with Crippen molar-refractivity contribution in [3.8, 4) is 0 Å². The summed E-state index contributed by atoms with van der Waals surface area (Å²) in [4.78, 5) is 34.4. The molecule has 0 saturated carbocycles. The van der Waals surface area contributed by atoms with Gasteiger partial charge in [-0.2, -0.15) is 0 Å². The Kier molecular flexibility index (Phi) is 5.79. The summed E-state index contributed by atoms with van der Waals surface area (Å²) in [6.45, 7) is 1.32. The largest absolute Gasteiger partial charge is 0.449 e. The summed E-state index contributed by atoms with van der Waals surface area (Å²) in [5, 5.41) is 4.41. The van der Waals surface area contributed by atoms with Crippen molar-refractivity contribution in [2.45, 2.75) is 13.0 Å². The number of halogens is 2. The van der Waals surface area contributed by atoms with Gasteiger partial charge in [0.1, 0.15) is 0 Å². The average Bonchev–Trinajstić information content (AvgIpc) is 2.38. The molecule has 0 radical (unpaired) electrons. The number of esters is 1. The van der Waals surface area contributed by atoms with E-state index >= 15 is 0 Å². The molecule has 20 heavy (non-hydrogen) atoms. The second-order valence-corrected chi connectivity index (χ2v) is 4.53. The van der Waals surface area contributed by atoms with Crippen molar-refractivity contribution in [1.29, 1.82) is 0 Å². The lowest BCUT2D eigenvalue weighted by atomic mass is 10.2. The van der Waals surface area contributed by atoms with Crippen LogP contribution in [0.3, 0.4) is 0 Å². The van der Waals surface area contributed by atoms with Gasteiger partial charge in [0.05, 0.1) is 15.6 Å². The quantitative estimate of drug-likeness (QED) is 0.835. The highest BCUT2D eigenvalue weighted by atomic mass is 35.5. The Hall–Kier alpha value is -1.79. The normalized spacial score (nSPS) is 11.4. The van der Waals surface area contributed by atoms with Crippen LogP contribution in [-0.2, 0) is 9.53 Å². The van der Waals surface area contributed by atoms with Crippen molar-refractivity contribution in [3.63, 3.8) is 0 Å². The van der Waals surface area contributed by atoms with Crippen LogP contribution in [0.2, 0.25) is 10.0 Å². The van der Waals surface area contributed by atoms with E-state index < -0.39 is 24.0 Å². The topological polar surface area (TPSA) is 84.5 Å². The van der Waals surface area contributed by atoms with Gasteiger partial charge in [-0.25, -0.2) is 9.59 Å². The molecule has 2 N–H and O–H groups in total. The predicted molar refractivity (Wildman–Crippen MR) is 73.9 cm³/mol. The number of nitrogens with one attached hydrogen (secondary N) is 2. The van der Waals surface area contributed by atoms with Crippen LogP contribution in [-0.4, -0.2) is 31.1 Å². The molecular formula is C12H12Cl2N2O4. The standard InChI is InChI=1S/C12H12Cl2N2O4/c1-6(10(17)16-12(19)15-2)20-11(18)9-7(13)4-3-5-8(9)14/h3-6H,1-2H3,(H2,15,16,17,19)/t6-/m1/s1. The van der Waals surface area contributed by atoms with Crippen molar-refractivity contribution in [1.82, 2.24) is 10.6 Å². The second kappa shape index (κ2) is 7.12. The molecule has 1 atom stereocenters. The van der Waals surface area contributed by atoms with Crippen LogP contribution < -0.4 is 10.6 Å². The molecule has 0 fully saturated rings. The summed E-state index contributed by atoms with van der Waals surface area (Å²) >= 11 is 11.7. The Labute approximate surface area is 125 Å². The first kappa shape index (κ1) is 16.3. The Bertz CT molecular complexity index is 528. The molecule has 108 valence electrons. The molecule has 0 saturated heterocycles. The molecule has 3 amide bonds. The van der Waals surface area contributed by atoms with Crippen molar-refractivity contribution >= 4 is 41.1 Å². The summed E-state index contributed by atoms with van der Waals surface area (Å²) < 4.78 is 4.91. The van der Waals surface area contributed by atoms with Gasteiger partial charge in [-0.15, -0.1) is 0 Å². The molecule has 1 aromatic rings. The molecular weight excluding hydrogens is 307 g/mol. The number of imide groups is 1. The molecule has 1 aromatic carbocycles. The van der Waals surface area contributed by atoms with Crippen molar-refractivity contribution in [2.24, 2.45) is 0 Å². The Morgan fingerprint density at radius 3 is 2.25 bits per heavy atom. The molecule has 0 aliphatic heterocycles. The van der Waals surface area contributed by atoms with E-state index in [-0.39, 0.29) is 15.6 Å². The number of ether oxygens (including phenoxy) is 1. The summed E-state index contributed by atoms with van der Waals surface area (Å²) in [7, 11) is 1.35. The van der Waals surface area contributed by atoms with Crippen LogP contribution in [0.5, 0.6) is 0 Å². The van der Waals surface area contributed by atoms with Crippen LogP contribution >= 0.6 is 23.2 Å². The first-order valence-electron chi connectivity index (χ1n) is 5.54. The van der Waals surface area contributed by atoms with E-state index in [2.05, 4.69) is 5.32 Å². The lowest BCUT2D eigenvalue weighted by Gasteiger charge is -2.13. The van der Waals surface area contributed by atoms with Crippen molar-refractivity contribution < 1.29 is 19.1 Å². The van der Waals surface area contributed by atoms with Crippen molar-refractivity contribution in [3.05, 3.63) is 33.8 Å². The fraction of sp³-hybridized carbons (Fsp3) is 0.250. The first-order valence-corrected chi connectivity index (χ1v) is 6.30. The summed E-state index contributed by atoms with van der Waals surface area (Å²) in [5.74, 6) is -1.61. The molecule has 0 spiro atoms. The highest BCUT2D eigenvalue weighted by Gasteiger charge is 2.23. The zero-order valence-electron chi connectivity index (χ0n) is 10.7. The SMILES string of the molecule is CNC(=O)NC(=O)[C@@H](C)OC(=O)c1c(Cl)cccc1Cl. The minimum atomic E-state index is -1.17. The Morgan fingerprint density at radius 2 is 1.75 bits per heavy atom. The van der Waals surface area contributed by atoms with E-state index in [4.69, 9.17) is 27.9 Å². The van der Waals surface area contributed by atoms with Gasteiger partial charge in [-0.1, -0.05) is 29.3 Å². The highest BCUT2D eigenvalue weighted by Crippen LogP contribution is 2.25. The molecule has 0 aliphatic rings. The van der Waals surface area contributed by atoms with Gasteiger partial charge in [0.15, 0.2) is 6.10 Å². The number of carbonyl (C=O) groups is 3. The maximum Gasteiger partial charge on any atom is 0.341 e. The minimum absolute atomic E-state index is 0.0320. The third kappa shape index (κ3) is 4.11. The number of urea groups is 1. The predicted octanol–water partition coefficient (Wildman–Crippen LogP) is 1.99. The van der Waals surface area contributed by atoms with Crippen LogP contribution in [0.4, 0.5) is 4.79 Å². The second-order valence-electron chi connectivity index (χ2n) is 3.71. The van der Waals surface area contributed by atoms with E-state index in [0.717, 1.165) is 0 Å². The zero-order valence-corrected chi connectivity index (χ0v) is 12.2. The number of rotatable bonds is 3. The lowest BCUT2D eigenvalue weighted by Crippen LogP contribution is -2.43. The van der Waals surface area contributed by atoms with Crippen LogP contribution in [0.25, 0.3) is 0 Å². The average molecular weight is 319 g/mol. The maximum absolute atomic E-state index is 11.9. The van der Waals surface area contributed by atoms with Crippen LogP contribution in [0.1, 0.15) is 17.3 Å². The molecule has 0 heterocycles. The van der Waals surface area contributed by atoms with E-state index in [1.807, 2.05) is 5.32 Å². The minimum Gasteiger partial charge on any atom is -0.449 e. The number of hydrogen-bond donors (Lipinski definition) is 2. The third-order valence-corrected chi connectivity index (χ3v) is 2.91. The van der Waals surface area contributed by atoms with Crippen LogP contribution in [0.15, 0.2) is 18.2 Å². The molecule has 6 nitrogen and oxygen atoms in total. The van der Waals surface area contributed by atoms with Gasteiger partial charge in [-0.05, 0) is 19.1 Å². The Balaban J connectivity index is 2.75. The molecule has 0 aromatic heterocycles. The molecule has 1 rings (SSSR count). The van der Waals surface area contributed by atoms with Gasteiger partial charge in [0.25, 0.3) is 5.91 Å². The maximum atomic E-state index is 11.9. The monoisotopic (exact) mass is 318 g/mol. The van der Waals surface area contributed by atoms with Gasteiger partial charge < -0.3 is 10.1 Å². The Morgan fingerprint density at radius 1 is 1.20 bits per heavy atom. The number of benzene rings is 1. The number of carbonyl (C=O) groups excluding carboxylic acids is 3. The summed E-state index contributed by atoms with van der Waals surface area (Å²) in [6, 6.07) is 3.82. The molecule has 0 aliphatic carbocycles. The van der Waals surface area contributed by atoms with Crippen LogP contribution in [0, 0.1) is 0 Å². The highest BCUT2D eigenvalue weighted by molar-refractivity contribution is 6.39. The summed E-state index contributed by atoms with van der Waals surface area (Å²) in [6.07, 6.45) is -1.17. The number of hydrogen-bond acceptors (Lipinski definition) is 4. The van der Waals surface area contributed by atoms with E-state index in [0.29, 0.717) is 0 Å². The molecule has 0 bridgehead atoms. The van der Waals surface area contributed by atoms with E-state index in [9.17, 15) is 14.4 Å². The molecule has 8 heteroatoms. The first-order chi connectivity index (χ1) is 9.36. The van der Waals surface area contributed by atoms with Gasteiger partial charge >= 0.3 is 12.0 Å². The van der Waals surface area contributed by atoms with Crippen molar-refractivity contribution in [2.75, 3.05) is 7.05 Å².